The number of benzene rings is 2. The van der Waals surface area contributed by atoms with Crippen molar-refractivity contribution >= 4 is 11.9 Å². The first-order valence-electron chi connectivity index (χ1n) is 11.4. The summed E-state index contributed by atoms with van der Waals surface area (Å²) >= 11 is 0. The quantitative estimate of drug-likeness (QED) is 0.587. The van der Waals surface area contributed by atoms with Crippen LogP contribution in [-0.2, 0) is 4.84 Å². The molecule has 0 radical (unpaired) electrons. The normalized spacial score (nSPS) is 20.9. The van der Waals surface area contributed by atoms with E-state index in [9.17, 15) is 13.9 Å². The number of halogens is 2. The van der Waals surface area contributed by atoms with E-state index in [1.54, 1.807) is 13.4 Å². The number of fused-ring (bicyclic) bond motifs is 1. The Kier molecular flexibility index (Phi) is 6.25. The number of aliphatic hydroxyl groups is 1. The molecule has 35 heavy (non-hydrogen) atoms. The van der Waals surface area contributed by atoms with Crippen molar-refractivity contribution in [1.82, 2.24) is 14.5 Å². The summed E-state index contributed by atoms with van der Waals surface area (Å²) in [6, 6.07) is 8.63. The number of methoxy groups -OCH3 is 1. The molecule has 9 heteroatoms. The molecule has 1 fully saturated rings. The molecule has 2 aliphatic heterocycles. The van der Waals surface area contributed by atoms with Crippen LogP contribution in [0.3, 0.4) is 0 Å². The van der Waals surface area contributed by atoms with Crippen LogP contribution < -0.4 is 4.74 Å². The second-order valence-corrected chi connectivity index (χ2v) is 8.71. The highest BCUT2D eigenvalue weighted by molar-refractivity contribution is 6.03. The summed E-state index contributed by atoms with van der Waals surface area (Å²) < 4.78 is 35.2. The summed E-state index contributed by atoms with van der Waals surface area (Å²) in [5.41, 5.74) is 3.97. The molecule has 1 unspecified atom stereocenters. The van der Waals surface area contributed by atoms with Gasteiger partial charge in [-0.05, 0) is 61.2 Å². The van der Waals surface area contributed by atoms with Crippen LogP contribution in [-0.4, -0.2) is 51.7 Å². The highest BCUT2D eigenvalue weighted by Gasteiger charge is 2.39. The summed E-state index contributed by atoms with van der Waals surface area (Å²) in [5, 5.41) is 14.5. The highest BCUT2D eigenvalue weighted by Crippen LogP contribution is 2.35. The van der Waals surface area contributed by atoms with Crippen molar-refractivity contribution < 1.29 is 23.5 Å². The fourth-order valence-corrected chi connectivity index (χ4v) is 4.72. The Morgan fingerprint density at radius 3 is 2.69 bits per heavy atom. The van der Waals surface area contributed by atoms with Crippen LogP contribution >= 0.6 is 0 Å². The highest BCUT2D eigenvalue weighted by atomic mass is 19.1. The van der Waals surface area contributed by atoms with Crippen LogP contribution in [0.15, 0.2) is 59.7 Å². The van der Waals surface area contributed by atoms with Crippen LogP contribution in [0.4, 0.5) is 8.78 Å². The zero-order valence-corrected chi connectivity index (χ0v) is 19.5. The Balaban J connectivity index is 1.47. The number of ether oxygens (including phenoxy) is 1. The van der Waals surface area contributed by atoms with E-state index in [0.717, 1.165) is 41.4 Å². The average Bonchev–Trinajstić information content (AvgIpc) is 3.28. The summed E-state index contributed by atoms with van der Waals surface area (Å²) in [5.74, 6) is -0.0699. The van der Waals surface area contributed by atoms with Gasteiger partial charge < -0.3 is 24.1 Å². The number of aromatic nitrogens is 2. The van der Waals surface area contributed by atoms with E-state index in [2.05, 4.69) is 10.1 Å². The van der Waals surface area contributed by atoms with Gasteiger partial charge in [0.1, 0.15) is 17.4 Å². The van der Waals surface area contributed by atoms with Crippen molar-refractivity contribution in [3.63, 3.8) is 0 Å². The number of aryl methyl sites for hydroxylation is 1. The van der Waals surface area contributed by atoms with Gasteiger partial charge >= 0.3 is 0 Å². The van der Waals surface area contributed by atoms with Crippen LogP contribution in [0.2, 0.25) is 0 Å². The van der Waals surface area contributed by atoms with E-state index in [1.165, 1.54) is 12.1 Å². The van der Waals surface area contributed by atoms with Crippen LogP contribution in [0.25, 0.3) is 11.8 Å². The lowest BCUT2D eigenvalue weighted by atomic mass is 9.94. The second kappa shape index (κ2) is 9.50. The summed E-state index contributed by atoms with van der Waals surface area (Å²) in [4.78, 5) is 12.0. The zero-order chi connectivity index (χ0) is 24.5. The molecule has 7 nitrogen and oxygen atoms in total. The van der Waals surface area contributed by atoms with Gasteiger partial charge in [-0.1, -0.05) is 11.2 Å². The number of piperidine rings is 1. The molecule has 182 valence electrons. The fraction of sp³-hybridized carbons (Fsp3) is 0.308. The van der Waals surface area contributed by atoms with Crippen molar-refractivity contribution in [2.45, 2.75) is 31.9 Å². The number of rotatable bonds is 5. The lowest BCUT2D eigenvalue weighted by Crippen LogP contribution is -2.52. The van der Waals surface area contributed by atoms with Crippen LogP contribution in [0, 0.1) is 18.6 Å². The van der Waals surface area contributed by atoms with Gasteiger partial charge in [0, 0.05) is 24.4 Å². The van der Waals surface area contributed by atoms with Crippen LogP contribution in [0.1, 0.15) is 35.8 Å². The SMILES string of the molecule is COc1cc(/C=C2\CCCN3C2=NOC(c2cc(F)cc(F)c2)[C@@H]3CO)ccc1-n1cnc(C)c1. The predicted octanol–water partition coefficient (Wildman–Crippen LogP) is 4.39. The Morgan fingerprint density at radius 2 is 2.00 bits per heavy atom. The number of amidine groups is 1. The van der Waals surface area contributed by atoms with Gasteiger partial charge in [0.25, 0.3) is 0 Å². The number of hydrogen-bond acceptors (Lipinski definition) is 6. The molecular weight excluding hydrogens is 454 g/mol. The minimum absolute atomic E-state index is 0.248. The topological polar surface area (TPSA) is 72.1 Å². The van der Waals surface area contributed by atoms with Crippen molar-refractivity contribution in [2.75, 3.05) is 20.3 Å². The Hall–Kier alpha value is -3.72. The van der Waals surface area contributed by atoms with E-state index in [1.807, 2.05) is 46.9 Å². The molecule has 1 saturated heterocycles. The molecule has 3 heterocycles. The third-order valence-corrected chi connectivity index (χ3v) is 6.34. The minimum Gasteiger partial charge on any atom is -0.495 e. The average molecular weight is 481 g/mol. The molecule has 0 aliphatic carbocycles. The van der Waals surface area contributed by atoms with Gasteiger partial charge in [0.2, 0.25) is 0 Å². The lowest BCUT2D eigenvalue weighted by Gasteiger charge is -2.43. The second-order valence-electron chi connectivity index (χ2n) is 8.71. The monoisotopic (exact) mass is 480 g/mol. The maximum Gasteiger partial charge on any atom is 0.175 e. The van der Waals surface area contributed by atoms with Gasteiger partial charge in [0.05, 0.1) is 37.5 Å². The number of oxime groups is 1. The number of aliphatic hydroxyl groups excluding tert-OH is 1. The van der Waals surface area contributed by atoms with Gasteiger partial charge in [-0.25, -0.2) is 13.8 Å². The molecule has 5 rings (SSSR count). The smallest absolute Gasteiger partial charge is 0.175 e. The van der Waals surface area contributed by atoms with Gasteiger partial charge in [-0.2, -0.15) is 0 Å². The molecule has 0 spiro atoms. The molecule has 1 aromatic heterocycles. The van der Waals surface area contributed by atoms with Crippen molar-refractivity contribution in [3.05, 3.63) is 83.0 Å². The van der Waals surface area contributed by atoms with Gasteiger partial charge in [-0.15, -0.1) is 0 Å². The maximum absolute atomic E-state index is 13.8. The molecule has 3 aromatic rings. The molecular formula is C26H26F2N4O3. The molecule has 2 aliphatic rings. The standard InChI is InChI=1S/C26H26F2N4O3/c1-16-13-31(15-29-16)22-6-5-17(9-24(22)34-2)8-18-4-3-7-32-23(14-33)25(35-30-26(18)32)19-10-20(27)12-21(28)11-19/h5-6,8-13,15,23,25,33H,3-4,7,14H2,1-2H3/b18-8+/t23-,25?/m0/s1. The Morgan fingerprint density at radius 1 is 1.20 bits per heavy atom. The first-order chi connectivity index (χ1) is 17.0. The maximum atomic E-state index is 13.8. The van der Waals surface area contributed by atoms with E-state index < -0.39 is 23.8 Å². The van der Waals surface area contributed by atoms with E-state index in [4.69, 9.17) is 9.57 Å². The third-order valence-electron chi connectivity index (χ3n) is 6.34. The van der Waals surface area contributed by atoms with Gasteiger partial charge in [-0.3, -0.25) is 0 Å². The van der Waals surface area contributed by atoms with Crippen molar-refractivity contribution in [2.24, 2.45) is 5.16 Å². The largest absolute Gasteiger partial charge is 0.495 e. The zero-order valence-electron chi connectivity index (χ0n) is 19.5. The molecule has 1 N–H and O–H groups in total. The predicted molar refractivity (Wildman–Crippen MR) is 127 cm³/mol. The number of nitrogens with zero attached hydrogens (tertiary/aromatic N) is 4. The first-order valence-corrected chi connectivity index (χ1v) is 11.4. The number of imidazole rings is 1. The van der Waals surface area contributed by atoms with E-state index in [-0.39, 0.29) is 6.61 Å². The van der Waals surface area contributed by atoms with E-state index in [0.29, 0.717) is 23.7 Å². The summed E-state index contributed by atoms with van der Waals surface area (Å²) in [7, 11) is 1.63. The molecule has 2 aromatic carbocycles. The lowest BCUT2D eigenvalue weighted by molar-refractivity contribution is -0.0395. The molecule has 0 bridgehead atoms. The fourth-order valence-electron chi connectivity index (χ4n) is 4.72. The minimum atomic E-state index is -0.786. The third kappa shape index (κ3) is 4.51. The van der Waals surface area contributed by atoms with Crippen molar-refractivity contribution in [1.29, 1.82) is 0 Å². The van der Waals surface area contributed by atoms with Crippen molar-refractivity contribution in [3.8, 4) is 11.4 Å². The Labute approximate surface area is 201 Å². The van der Waals surface area contributed by atoms with E-state index >= 15 is 0 Å². The first kappa shape index (κ1) is 23.0. The number of hydrogen-bond donors (Lipinski definition) is 1. The van der Waals surface area contributed by atoms with Gasteiger partial charge in [0.15, 0.2) is 11.9 Å². The molecule has 2 atom stereocenters. The molecule has 0 saturated carbocycles. The van der Waals surface area contributed by atoms with Crippen LogP contribution in [0.5, 0.6) is 5.75 Å². The summed E-state index contributed by atoms with van der Waals surface area (Å²) in [6.45, 7) is 2.34. The Bertz CT molecular complexity index is 1280. The molecule has 0 amide bonds. The summed E-state index contributed by atoms with van der Waals surface area (Å²) in [6.07, 6.45) is 6.53.